The number of fused-ring (bicyclic) bond motifs is 1. The van der Waals surface area contributed by atoms with Crippen LogP contribution < -0.4 is 10.1 Å². The van der Waals surface area contributed by atoms with Crippen LogP contribution in [0.1, 0.15) is 42.4 Å². The molecular formula is C31H33ClN2O4. The Balaban J connectivity index is 1.50. The highest BCUT2D eigenvalue weighted by Gasteiger charge is 2.18. The fraction of sp³-hybridized carbons (Fsp3) is 0.290. The Labute approximate surface area is 228 Å². The summed E-state index contributed by atoms with van der Waals surface area (Å²) in [7, 11) is 1.61. The molecular weight excluding hydrogens is 500 g/mol. The normalized spacial score (nSPS) is 12.4. The Morgan fingerprint density at radius 1 is 1.00 bits per heavy atom. The summed E-state index contributed by atoms with van der Waals surface area (Å²) in [5, 5.41) is 13.7. The van der Waals surface area contributed by atoms with Crippen molar-refractivity contribution in [3.63, 3.8) is 0 Å². The number of carbonyl (C=O) groups is 1. The number of rotatable bonds is 9. The molecule has 0 aliphatic heterocycles. The van der Waals surface area contributed by atoms with E-state index in [1.54, 1.807) is 13.2 Å². The third-order valence-electron chi connectivity index (χ3n) is 5.97. The molecule has 1 amide bonds. The average molecular weight is 533 g/mol. The number of pyridine rings is 1. The Morgan fingerprint density at radius 2 is 1.74 bits per heavy atom. The van der Waals surface area contributed by atoms with Crippen LogP contribution in [0.25, 0.3) is 22.0 Å². The van der Waals surface area contributed by atoms with Crippen LogP contribution in [-0.4, -0.2) is 41.4 Å². The number of carbonyl (C=O) groups excluding carboxylic acids is 1. The molecule has 0 aliphatic rings. The molecule has 0 saturated carbocycles. The van der Waals surface area contributed by atoms with Crippen molar-refractivity contribution < 1.29 is 19.4 Å². The SMILES string of the molecule is COC[C@H](Cc1ccc(OC(C)(C)C)cc1)NC(=O)c1cc(Cl)c2cc(-c3cccc(CO)c3)ccc2n1. The van der Waals surface area contributed by atoms with E-state index >= 15 is 0 Å². The largest absolute Gasteiger partial charge is 0.488 e. The second-order valence-corrected chi connectivity index (χ2v) is 10.7. The van der Waals surface area contributed by atoms with E-state index in [1.807, 2.05) is 87.5 Å². The van der Waals surface area contributed by atoms with Gasteiger partial charge in [0.1, 0.15) is 17.0 Å². The molecule has 0 radical (unpaired) electrons. The second kappa shape index (κ2) is 11.9. The maximum absolute atomic E-state index is 13.2. The lowest BCUT2D eigenvalue weighted by Crippen LogP contribution is -2.40. The van der Waals surface area contributed by atoms with Crippen molar-refractivity contribution >= 4 is 28.4 Å². The van der Waals surface area contributed by atoms with Gasteiger partial charge in [0.15, 0.2) is 0 Å². The molecule has 38 heavy (non-hydrogen) atoms. The number of halogens is 1. The fourth-order valence-electron chi connectivity index (χ4n) is 4.27. The van der Waals surface area contributed by atoms with Gasteiger partial charge in [0.05, 0.1) is 29.8 Å². The summed E-state index contributed by atoms with van der Waals surface area (Å²) in [5.74, 6) is 0.483. The maximum Gasteiger partial charge on any atom is 0.270 e. The number of hydrogen-bond acceptors (Lipinski definition) is 5. The molecule has 1 heterocycles. The summed E-state index contributed by atoms with van der Waals surface area (Å²) in [6.45, 7) is 6.35. The first-order valence-corrected chi connectivity index (χ1v) is 12.9. The van der Waals surface area contributed by atoms with E-state index in [2.05, 4.69) is 10.3 Å². The molecule has 1 atom stereocenters. The monoisotopic (exact) mass is 532 g/mol. The summed E-state index contributed by atoms with van der Waals surface area (Å²) in [6.07, 6.45) is 0.590. The van der Waals surface area contributed by atoms with Crippen molar-refractivity contribution in [1.82, 2.24) is 10.3 Å². The van der Waals surface area contributed by atoms with E-state index in [1.165, 1.54) is 0 Å². The highest BCUT2D eigenvalue weighted by Crippen LogP contribution is 2.29. The Hall–Kier alpha value is -3.45. The van der Waals surface area contributed by atoms with Crippen molar-refractivity contribution in [3.8, 4) is 16.9 Å². The third kappa shape index (κ3) is 7.10. The van der Waals surface area contributed by atoms with Gasteiger partial charge in [-0.2, -0.15) is 0 Å². The van der Waals surface area contributed by atoms with Crippen LogP contribution in [0.2, 0.25) is 5.02 Å². The van der Waals surface area contributed by atoms with E-state index in [-0.39, 0.29) is 29.9 Å². The lowest BCUT2D eigenvalue weighted by Gasteiger charge is -2.22. The van der Waals surface area contributed by atoms with Gasteiger partial charge in [-0.25, -0.2) is 4.98 Å². The number of aliphatic hydroxyl groups excluding tert-OH is 1. The van der Waals surface area contributed by atoms with Gasteiger partial charge in [-0.1, -0.05) is 48.0 Å². The van der Waals surface area contributed by atoms with E-state index in [4.69, 9.17) is 21.1 Å². The molecule has 1 aromatic heterocycles. The fourth-order valence-corrected chi connectivity index (χ4v) is 4.53. The van der Waals surface area contributed by atoms with Crippen LogP contribution in [0, 0.1) is 0 Å². The van der Waals surface area contributed by atoms with Crippen LogP contribution in [-0.2, 0) is 17.8 Å². The zero-order valence-electron chi connectivity index (χ0n) is 22.1. The van der Waals surface area contributed by atoms with Gasteiger partial charge >= 0.3 is 0 Å². The summed E-state index contributed by atoms with van der Waals surface area (Å²) < 4.78 is 11.3. The number of aliphatic hydroxyl groups is 1. The van der Waals surface area contributed by atoms with Crippen LogP contribution >= 0.6 is 11.6 Å². The topological polar surface area (TPSA) is 80.7 Å². The maximum atomic E-state index is 13.2. The third-order valence-corrected chi connectivity index (χ3v) is 6.28. The second-order valence-electron chi connectivity index (χ2n) is 10.3. The lowest BCUT2D eigenvalue weighted by atomic mass is 10.0. The van der Waals surface area contributed by atoms with E-state index in [9.17, 15) is 9.90 Å². The zero-order chi connectivity index (χ0) is 27.3. The number of nitrogens with one attached hydrogen (secondary N) is 1. The molecule has 0 bridgehead atoms. The van der Waals surface area contributed by atoms with Crippen molar-refractivity contribution in [2.75, 3.05) is 13.7 Å². The molecule has 4 aromatic rings. The first-order valence-electron chi connectivity index (χ1n) is 12.5. The quantitative estimate of drug-likeness (QED) is 0.268. The molecule has 4 rings (SSSR count). The minimum atomic E-state index is -0.316. The number of methoxy groups -OCH3 is 1. The van der Waals surface area contributed by atoms with E-state index < -0.39 is 0 Å². The van der Waals surface area contributed by atoms with Gasteiger partial charge in [-0.15, -0.1) is 0 Å². The highest BCUT2D eigenvalue weighted by molar-refractivity contribution is 6.35. The number of nitrogens with zero attached hydrogens (tertiary/aromatic N) is 1. The Morgan fingerprint density at radius 3 is 2.42 bits per heavy atom. The van der Waals surface area contributed by atoms with Gasteiger partial charge < -0.3 is 19.9 Å². The van der Waals surface area contributed by atoms with Crippen molar-refractivity contribution in [3.05, 3.63) is 94.6 Å². The number of benzene rings is 3. The predicted octanol–water partition coefficient (Wildman–Crippen LogP) is 6.21. The average Bonchev–Trinajstić information content (AvgIpc) is 2.89. The molecule has 0 saturated heterocycles. The summed E-state index contributed by atoms with van der Waals surface area (Å²) in [5.41, 5.74) is 4.41. The Kier molecular flexibility index (Phi) is 8.67. The minimum Gasteiger partial charge on any atom is -0.488 e. The van der Waals surface area contributed by atoms with Crippen LogP contribution in [0.4, 0.5) is 0 Å². The molecule has 6 nitrogen and oxygen atoms in total. The number of aromatic nitrogens is 1. The van der Waals surface area contributed by atoms with Crippen LogP contribution in [0.3, 0.4) is 0 Å². The predicted molar refractivity (Wildman–Crippen MR) is 152 cm³/mol. The molecule has 7 heteroatoms. The molecule has 198 valence electrons. The number of hydrogen-bond donors (Lipinski definition) is 2. The molecule has 3 aromatic carbocycles. The molecule has 0 fully saturated rings. The van der Waals surface area contributed by atoms with E-state index in [0.29, 0.717) is 23.6 Å². The molecule has 0 aliphatic carbocycles. The summed E-state index contributed by atoms with van der Waals surface area (Å²) in [6, 6.07) is 22.6. The molecule has 0 spiro atoms. The van der Waals surface area contributed by atoms with Crippen LogP contribution in [0.5, 0.6) is 5.75 Å². The minimum absolute atomic E-state index is 0.0246. The first-order chi connectivity index (χ1) is 18.1. The van der Waals surface area contributed by atoms with Gasteiger partial charge in [0.25, 0.3) is 5.91 Å². The van der Waals surface area contributed by atoms with Gasteiger partial charge in [0, 0.05) is 12.5 Å². The summed E-state index contributed by atoms with van der Waals surface area (Å²) in [4.78, 5) is 17.7. The van der Waals surface area contributed by atoms with Crippen molar-refractivity contribution in [2.45, 2.75) is 45.4 Å². The molecule has 2 N–H and O–H groups in total. The smallest absolute Gasteiger partial charge is 0.270 e. The standard InChI is InChI=1S/C31H33ClN2O4/c1-31(2,3)38-25-11-8-20(9-12-25)15-24(19-37-4)33-30(36)29-17-27(32)26-16-23(10-13-28(26)34-29)22-7-5-6-21(14-22)18-35/h5-14,16-17,24,35H,15,18-19H2,1-4H3,(H,33,36)/t24-/m0/s1. The van der Waals surface area contributed by atoms with Gasteiger partial charge in [-0.05, 0) is 85.8 Å². The molecule has 0 unspecified atom stereocenters. The zero-order valence-corrected chi connectivity index (χ0v) is 22.9. The first kappa shape index (κ1) is 27.6. The highest BCUT2D eigenvalue weighted by atomic mass is 35.5. The Bertz CT molecular complexity index is 1410. The van der Waals surface area contributed by atoms with Gasteiger partial charge in [-0.3, -0.25) is 4.79 Å². The van der Waals surface area contributed by atoms with E-state index in [0.717, 1.165) is 33.4 Å². The van der Waals surface area contributed by atoms with Gasteiger partial charge in [0.2, 0.25) is 0 Å². The summed E-state index contributed by atoms with van der Waals surface area (Å²) >= 11 is 6.62. The number of amides is 1. The van der Waals surface area contributed by atoms with Crippen LogP contribution in [0.15, 0.2) is 72.8 Å². The lowest BCUT2D eigenvalue weighted by molar-refractivity contribution is 0.0892. The van der Waals surface area contributed by atoms with Crippen molar-refractivity contribution in [2.24, 2.45) is 0 Å². The van der Waals surface area contributed by atoms with Crippen molar-refractivity contribution in [1.29, 1.82) is 0 Å². The number of ether oxygens (including phenoxy) is 2.